The summed E-state index contributed by atoms with van der Waals surface area (Å²) in [6.07, 6.45) is 2.43. The Bertz CT molecular complexity index is 1230. The Hall–Kier alpha value is -3.23. The number of rotatable bonds is 10. The average Bonchev–Trinajstić information content (AvgIpc) is 3.65. The van der Waals surface area contributed by atoms with Crippen LogP contribution >= 0.6 is 0 Å². The van der Waals surface area contributed by atoms with Crippen LogP contribution in [0, 0.1) is 11.7 Å². The maximum Gasteiger partial charge on any atom is 0.251 e. The minimum absolute atomic E-state index is 0.0264. The van der Waals surface area contributed by atoms with Crippen molar-refractivity contribution in [3.63, 3.8) is 0 Å². The zero-order valence-electron chi connectivity index (χ0n) is 18.0. The molecule has 0 spiro atoms. The molecular formula is C25H25FN2O4S. The highest BCUT2D eigenvalue weighted by Gasteiger charge is 2.22. The Balaban J connectivity index is 1.32. The summed E-state index contributed by atoms with van der Waals surface area (Å²) in [5.74, 6) is 0.706. The molecule has 1 aliphatic rings. The Morgan fingerprint density at radius 2 is 1.64 bits per heavy atom. The third-order valence-corrected chi connectivity index (χ3v) is 6.72. The number of hydrogen-bond donors (Lipinski definition) is 2. The van der Waals surface area contributed by atoms with Gasteiger partial charge in [0.2, 0.25) is 10.0 Å². The molecule has 1 aliphatic carbocycles. The van der Waals surface area contributed by atoms with E-state index in [2.05, 4.69) is 10.0 Å². The third-order valence-electron chi connectivity index (χ3n) is 5.32. The summed E-state index contributed by atoms with van der Waals surface area (Å²) < 4.78 is 46.7. The lowest BCUT2D eigenvalue weighted by atomic mass is 10.2. The first kappa shape index (κ1) is 22.9. The second-order valence-corrected chi connectivity index (χ2v) is 9.83. The van der Waals surface area contributed by atoms with Gasteiger partial charge in [0.1, 0.15) is 11.6 Å². The van der Waals surface area contributed by atoms with Crippen molar-refractivity contribution in [3.05, 3.63) is 95.3 Å². The van der Waals surface area contributed by atoms with Crippen molar-refractivity contribution in [2.45, 2.75) is 30.8 Å². The minimum Gasteiger partial charge on any atom is -0.493 e. The zero-order valence-corrected chi connectivity index (χ0v) is 18.8. The Morgan fingerprint density at radius 1 is 0.939 bits per heavy atom. The van der Waals surface area contributed by atoms with Gasteiger partial charge in [-0.05, 0) is 78.4 Å². The van der Waals surface area contributed by atoms with Crippen LogP contribution in [-0.4, -0.2) is 20.9 Å². The molecule has 1 amide bonds. The van der Waals surface area contributed by atoms with Crippen molar-refractivity contribution >= 4 is 15.9 Å². The Labute approximate surface area is 192 Å². The molecule has 0 atom stereocenters. The van der Waals surface area contributed by atoms with E-state index >= 15 is 0 Å². The number of hydrogen-bond acceptors (Lipinski definition) is 4. The fourth-order valence-electron chi connectivity index (χ4n) is 3.22. The minimum atomic E-state index is -3.80. The molecule has 2 N–H and O–H groups in total. The van der Waals surface area contributed by atoms with Crippen molar-refractivity contribution in [2.75, 3.05) is 6.61 Å². The van der Waals surface area contributed by atoms with E-state index < -0.39 is 15.8 Å². The number of carbonyl (C=O) groups excluding carboxylic acids is 1. The van der Waals surface area contributed by atoms with Crippen LogP contribution in [0.15, 0.2) is 77.7 Å². The number of ether oxygens (including phenoxy) is 1. The maximum absolute atomic E-state index is 13.3. The van der Waals surface area contributed by atoms with E-state index in [1.807, 2.05) is 0 Å². The van der Waals surface area contributed by atoms with Crippen LogP contribution < -0.4 is 14.8 Å². The standard InChI is InChI=1S/C25H25FN2O4S/c26-22-5-1-3-19(13-22)16-28-33(30,31)24-6-2-4-20(14-24)15-27-25(29)21-9-11-23(12-10-21)32-17-18-7-8-18/h1-6,9-14,18,28H,7-8,15-17H2,(H,27,29). The number of sulfonamides is 1. The third kappa shape index (κ3) is 6.63. The van der Waals surface area contributed by atoms with Crippen molar-refractivity contribution in [1.82, 2.24) is 10.0 Å². The smallest absolute Gasteiger partial charge is 0.251 e. The molecular weight excluding hydrogens is 443 g/mol. The second kappa shape index (κ2) is 10.1. The summed E-state index contributed by atoms with van der Waals surface area (Å²) in [7, 11) is -3.80. The van der Waals surface area contributed by atoms with Crippen molar-refractivity contribution in [2.24, 2.45) is 5.92 Å². The molecule has 1 saturated carbocycles. The topological polar surface area (TPSA) is 84.5 Å². The van der Waals surface area contributed by atoms with Crippen LogP contribution in [-0.2, 0) is 23.1 Å². The van der Waals surface area contributed by atoms with Crippen LogP contribution in [0.2, 0.25) is 0 Å². The molecule has 172 valence electrons. The highest BCUT2D eigenvalue weighted by molar-refractivity contribution is 7.89. The summed E-state index contributed by atoms with van der Waals surface area (Å²) in [4.78, 5) is 12.5. The molecule has 0 aliphatic heterocycles. The Kier molecular flexibility index (Phi) is 7.05. The van der Waals surface area contributed by atoms with Crippen LogP contribution in [0.1, 0.15) is 34.3 Å². The Morgan fingerprint density at radius 3 is 2.33 bits per heavy atom. The number of halogens is 1. The molecule has 8 heteroatoms. The fraction of sp³-hybridized carbons (Fsp3) is 0.240. The summed E-state index contributed by atoms with van der Waals surface area (Å²) in [6.45, 7) is 0.856. The summed E-state index contributed by atoms with van der Waals surface area (Å²) in [5.41, 5.74) is 1.65. The number of amides is 1. The van der Waals surface area contributed by atoms with Crippen LogP contribution in [0.4, 0.5) is 4.39 Å². The van der Waals surface area contributed by atoms with Gasteiger partial charge in [-0.25, -0.2) is 17.5 Å². The second-order valence-electron chi connectivity index (χ2n) is 8.06. The van der Waals surface area contributed by atoms with Gasteiger partial charge in [0.05, 0.1) is 11.5 Å². The van der Waals surface area contributed by atoms with Crippen LogP contribution in [0.25, 0.3) is 0 Å². The lowest BCUT2D eigenvalue weighted by molar-refractivity contribution is 0.0951. The van der Waals surface area contributed by atoms with Gasteiger partial charge in [0.15, 0.2) is 0 Å². The molecule has 33 heavy (non-hydrogen) atoms. The first-order valence-electron chi connectivity index (χ1n) is 10.7. The average molecular weight is 469 g/mol. The number of nitrogens with one attached hydrogen (secondary N) is 2. The zero-order chi connectivity index (χ0) is 23.3. The van der Waals surface area contributed by atoms with Gasteiger partial charge in [0, 0.05) is 18.7 Å². The number of carbonyl (C=O) groups is 1. The molecule has 0 unspecified atom stereocenters. The molecule has 0 bridgehead atoms. The number of benzene rings is 3. The van der Waals surface area contributed by atoms with E-state index in [-0.39, 0.29) is 23.9 Å². The highest BCUT2D eigenvalue weighted by Crippen LogP contribution is 2.29. The van der Waals surface area contributed by atoms with Gasteiger partial charge >= 0.3 is 0 Å². The molecule has 6 nitrogen and oxygen atoms in total. The predicted octanol–water partition coefficient (Wildman–Crippen LogP) is 4.02. The largest absolute Gasteiger partial charge is 0.493 e. The van der Waals surface area contributed by atoms with Gasteiger partial charge in [0.25, 0.3) is 5.91 Å². The van der Waals surface area contributed by atoms with Crippen molar-refractivity contribution < 1.29 is 22.3 Å². The van der Waals surface area contributed by atoms with Gasteiger partial charge in [-0.2, -0.15) is 0 Å². The van der Waals surface area contributed by atoms with Crippen LogP contribution in [0.5, 0.6) is 5.75 Å². The van der Waals surface area contributed by atoms with Gasteiger partial charge in [-0.15, -0.1) is 0 Å². The van der Waals surface area contributed by atoms with E-state index in [4.69, 9.17) is 4.74 Å². The first-order chi connectivity index (χ1) is 15.9. The molecule has 3 aromatic carbocycles. The SMILES string of the molecule is O=C(NCc1cccc(S(=O)(=O)NCc2cccc(F)c2)c1)c1ccc(OCC2CC2)cc1. The quantitative estimate of drug-likeness (QED) is 0.471. The molecule has 1 fully saturated rings. The predicted molar refractivity (Wildman–Crippen MR) is 123 cm³/mol. The van der Waals surface area contributed by atoms with Crippen molar-refractivity contribution in [3.8, 4) is 5.75 Å². The summed E-state index contributed by atoms with van der Waals surface area (Å²) >= 11 is 0. The molecule has 0 saturated heterocycles. The van der Waals surface area contributed by atoms with E-state index in [1.165, 1.54) is 43.2 Å². The van der Waals surface area contributed by atoms with Crippen LogP contribution in [0.3, 0.4) is 0 Å². The molecule has 3 aromatic rings. The van der Waals surface area contributed by atoms with E-state index in [1.54, 1.807) is 42.5 Å². The van der Waals surface area contributed by atoms with E-state index in [0.29, 0.717) is 29.2 Å². The monoisotopic (exact) mass is 468 g/mol. The first-order valence-corrected chi connectivity index (χ1v) is 12.2. The van der Waals surface area contributed by atoms with Gasteiger partial charge < -0.3 is 10.1 Å². The lowest BCUT2D eigenvalue weighted by Gasteiger charge is -2.10. The molecule has 0 radical (unpaired) electrons. The van der Waals surface area contributed by atoms with E-state index in [0.717, 1.165) is 5.75 Å². The fourth-order valence-corrected chi connectivity index (χ4v) is 4.30. The van der Waals surface area contributed by atoms with E-state index in [9.17, 15) is 17.6 Å². The lowest BCUT2D eigenvalue weighted by Crippen LogP contribution is -2.24. The molecule has 0 aromatic heterocycles. The van der Waals surface area contributed by atoms with Gasteiger partial charge in [-0.1, -0.05) is 24.3 Å². The highest BCUT2D eigenvalue weighted by atomic mass is 32.2. The maximum atomic E-state index is 13.3. The summed E-state index contributed by atoms with van der Waals surface area (Å²) in [6, 6.07) is 19.0. The van der Waals surface area contributed by atoms with Crippen molar-refractivity contribution in [1.29, 1.82) is 0 Å². The molecule has 4 rings (SSSR count). The summed E-state index contributed by atoms with van der Waals surface area (Å²) in [5, 5.41) is 2.80. The molecule has 0 heterocycles. The normalized spacial score (nSPS) is 13.5. The van der Waals surface area contributed by atoms with Gasteiger partial charge in [-0.3, -0.25) is 4.79 Å².